The zero-order valence-corrected chi connectivity index (χ0v) is 14.4. The lowest BCUT2D eigenvalue weighted by atomic mass is 10.0. The van der Waals surface area contributed by atoms with Crippen LogP contribution in [0.4, 0.5) is 0 Å². The molecular weight excluding hydrogens is 314 g/mol. The van der Waals surface area contributed by atoms with E-state index in [4.69, 9.17) is 4.99 Å². The lowest BCUT2D eigenvalue weighted by molar-refractivity contribution is 0.617. The fraction of sp³-hybridized carbons (Fsp3) is 0.562. The predicted molar refractivity (Wildman–Crippen MR) is 87.8 cm³/mol. The first kappa shape index (κ1) is 15.4. The van der Waals surface area contributed by atoms with E-state index < -0.39 is 0 Å². The molecule has 110 valence electrons. The van der Waals surface area contributed by atoms with E-state index in [1.807, 2.05) is 0 Å². The Balaban J connectivity index is 2.42. The number of hydrogen-bond acceptors (Lipinski definition) is 1. The molecule has 0 saturated heterocycles. The van der Waals surface area contributed by atoms with Gasteiger partial charge in [0.05, 0.1) is 6.04 Å². The quantitative estimate of drug-likeness (QED) is 0.800. The van der Waals surface area contributed by atoms with Gasteiger partial charge in [0.2, 0.25) is 5.62 Å². The maximum Gasteiger partial charge on any atom is 0.204 e. The van der Waals surface area contributed by atoms with Crippen LogP contribution in [0.5, 0.6) is 0 Å². The first-order valence-electron chi connectivity index (χ1n) is 7.32. The molecule has 2 atom stereocenters. The van der Waals surface area contributed by atoms with E-state index in [-0.39, 0.29) is 0 Å². The summed E-state index contributed by atoms with van der Waals surface area (Å²) in [6.45, 7) is 4.34. The summed E-state index contributed by atoms with van der Waals surface area (Å²) in [7, 11) is 4.20. The first-order chi connectivity index (χ1) is 9.52. The Labute approximate surface area is 129 Å². The number of aryl methyl sites for hydroxylation is 1. The van der Waals surface area contributed by atoms with Crippen molar-refractivity contribution >= 4 is 15.9 Å². The van der Waals surface area contributed by atoms with Gasteiger partial charge in [-0.05, 0) is 26.2 Å². The Kier molecular flexibility index (Phi) is 5.08. The Hall–Kier alpha value is -1.03. The average Bonchev–Trinajstić information content (AvgIpc) is 2.60. The molecule has 0 spiro atoms. The van der Waals surface area contributed by atoms with Crippen LogP contribution >= 0.6 is 15.9 Å². The molecule has 4 heteroatoms. The largest absolute Gasteiger partial charge is 0.320 e. The second kappa shape index (κ2) is 6.61. The number of halogens is 1. The summed E-state index contributed by atoms with van der Waals surface area (Å²) in [5.41, 5.74) is 2.38. The molecule has 1 aliphatic rings. The summed E-state index contributed by atoms with van der Waals surface area (Å²) in [4.78, 5) is 4.81. The minimum atomic E-state index is 0.362. The number of nitrogens with zero attached hydrogens (tertiary/aromatic N) is 3. The first-order valence-corrected chi connectivity index (χ1v) is 8.12. The van der Waals surface area contributed by atoms with Gasteiger partial charge in [-0.2, -0.15) is 0 Å². The SMILES string of the molecule is CCC(C)/N=c1\n(C)cc(C2C=C(Br)C=CCC2)n1C. The van der Waals surface area contributed by atoms with Crippen LogP contribution in [0.25, 0.3) is 0 Å². The summed E-state index contributed by atoms with van der Waals surface area (Å²) in [5.74, 6) is 0.441. The van der Waals surface area contributed by atoms with E-state index in [2.05, 4.69) is 77.4 Å². The predicted octanol–water partition coefficient (Wildman–Crippen LogP) is 3.78. The molecule has 0 bridgehead atoms. The number of imidazole rings is 1. The van der Waals surface area contributed by atoms with Gasteiger partial charge in [0, 0.05) is 36.4 Å². The number of rotatable bonds is 3. The summed E-state index contributed by atoms with van der Waals surface area (Å²) >= 11 is 3.61. The molecule has 0 amide bonds. The number of hydrogen-bond donors (Lipinski definition) is 0. The lowest BCUT2D eigenvalue weighted by Crippen LogP contribution is -2.25. The van der Waals surface area contributed by atoms with Crippen LogP contribution in [-0.2, 0) is 14.1 Å². The molecule has 2 unspecified atom stereocenters. The van der Waals surface area contributed by atoms with Gasteiger partial charge in [-0.25, -0.2) is 4.99 Å². The van der Waals surface area contributed by atoms with E-state index in [0.29, 0.717) is 12.0 Å². The highest BCUT2D eigenvalue weighted by Crippen LogP contribution is 2.28. The molecule has 1 aromatic rings. The highest BCUT2D eigenvalue weighted by Gasteiger charge is 2.16. The third-order valence-corrected chi connectivity index (χ3v) is 4.45. The van der Waals surface area contributed by atoms with Crippen LogP contribution < -0.4 is 5.62 Å². The molecular formula is C16H24BrN3. The van der Waals surface area contributed by atoms with Crippen LogP contribution in [0.15, 0.2) is 33.9 Å². The van der Waals surface area contributed by atoms with E-state index in [9.17, 15) is 0 Å². The molecule has 1 heterocycles. The van der Waals surface area contributed by atoms with Crippen molar-refractivity contribution < 1.29 is 0 Å². The van der Waals surface area contributed by atoms with Gasteiger partial charge in [0.15, 0.2) is 0 Å². The molecule has 0 radical (unpaired) electrons. The summed E-state index contributed by atoms with van der Waals surface area (Å²) in [5, 5.41) is 0. The Morgan fingerprint density at radius 1 is 1.45 bits per heavy atom. The van der Waals surface area contributed by atoms with Crippen molar-refractivity contribution in [2.45, 2.75) is 45.1 Å². The maximum absolute atomic E-state index is 4.81. The van der Waals surface area contributed by atoms with Gasteiger partial charge in [-0.1, -0.05) is 41.1 Å². The fourth-order valence-electron chi connectivity index (χ4n) is 2.54. The second-order valence-electron chi connectivity index (χ2n) is 5.55. The van der Waals surface area contributed by atoms with Gasteiger partial charge < -0.3 is 9.13 Å². The van der Waals surface area contributed by atoms with Crippen molar-refractivity contribution in [3.8, 4) is 0 Å². The Morgan fingerprint density at radius 2 is 2.20 bits per heavy atom. The van der Waals surface area contributed by atoms with Gasteiger partial charge in [0.1, 0.15) is 0 Å². The van der Waals surface area contributed by atoms with Gasteiger partial charge in [-0.3, -0.25) is 0 Å². The van der Waals surface area contributed by atoms with Gasteiger partial charge in [0.25, 0.3) is 0 Å². The highest BCUT2D eigenvalue weighted by molar-refractivity contribution is 9.11. The van der Waals surface area contributed by atoms with E-state index in [1.54, 1.807) is 0 Å². The molecule has 0 saturated carbocycles. The van der Waals surface area contributed by atoms with Crippen LogP contribution in [0, 0.1) is 0 Å². The topological polar surface area (TPSA) is 22.2 Å². The molecule has 1 aromatic heterocycles. The summed E-state index contributed by atoms with van der Waals surface area (Å²) in [6, 6.07) is 0.362. The summed E-state index contributed by atoms with van der Waals surface area (Å²) in [6.07, 6.45) is 12.2. The van der Waals surface area contributed by atoms with Crippen LogP contribution in [0.3, 0.4) is 0 Å². The maximum atomic E-state index is 4.81. The second-order valence-corrected chi connectivity index (χ2v) is 6.46. The van der Waals surface area contributed by atoms with Crippen LogP contribution in [0.2, 0.25) is 0 Å². The molecule has 0 fully saturated rings. The number of allylic oxidation sites excluding steroid dienone is 4. The Bertz CT molecular complexity index is 589. The third kappa shape index (κ3) is 3.35. The van der Waals surface area contributed by atoms with Crippen molar-refractivity contribution in [2.24, 2.45) is 19.1 Å². The van der Waals surface area contributed by atoms with Crippen LogP contribution in [-0.4, -0.2) is 15.2 Å². The third-order valence-electron chi connectivity index (χ3n) is 3.92. The molecule has 3 nitrogen and oxygen atoms in total. The molecule has 2 rings (SSSR count). The molecule has 0 aliphatic heterocycles. The zero-order chi connectivity index (χ0) is 14.7. The fourth-order valence-corrected chi connectivity index (χ4v) is 3.05. The van der Waals surface area contributed by atoms with Crippen molar-refractivity contribution in [2.75, 3.05) is 0 Å². The van der Waals surface area contributed by atoms with E-state index in [0.717, 1.165) is 24.9 Å². The Morgan fingerprint density at radius 3 is 2.90 bits per heavy atom. The van der Waals surface area contributed by atoms with Crippen LogP contribution in [0.1, 0.15) is 44.7 Å². The minimum absolute atomic E-state index is 0.362. The molecule has 0 N–H and O–H groups in total. The molecule has 0 aromatic carbocycles. The lowest BCUT2D eigenvalue weighted by Gasteiger charge is -2.12. The monoisotopic (exact) mass is 337 g/mol. The normalized spacial score (nSPS) is 21.8. The summed E-state index contributed by atoms with van der Waals surface area (Å²) < 4.78 is 5.55. The minimum Gasteiger partial charge on any atom is -0.320 e. The van der Waals surface area contributed by atoms with Crippen molar-refractivity contribution in [3.05, 3.63) is 40.2 Å². The van der Waals surface area contributed by atoms with Gasteiger partial charge in [-0.15, -0.1) is 0 Å². The van der Waals surface area contributed by atoms with E-state index in [1.165, 1.54) is 10.2 Å². The molecule has 20 heavy (non-hydrogen) atoms. The van der Waals surface area contributed by atoms with Crippen molar-refractivity contribution in [1.82, 2.24) is 9.13 Å². The average molecular weight is 338 g/mol. The van der Waals surface area contributed by atoms with E-state index >= 15 is 0 Å². The highest BCUT2D eigenvalue weighted by atomic mass is 79.9. The van der Waals surface area contributed by atoms with Crippen molar-refractivity contribution in [3.63, 3.8) is 0 Å². The molecule has 1 aliphatic carbocycles. The zero-order valence-electron chi connectivity index (χ0n) is 12.8. The standard InChI is InChI=1S/C16H24BrN3/c1-5-12(2)18-16-19(3)11-15(20(16)4)13-8-6-7-9-14(17)10-13/h7,9-13H,5-6,8H2,1-4H3/b18-16+. The van der Waals surface area contributed by atoms with Crippen molar-refractivity contribution in [1.29, 1.82) is 0 Å². The number of aromatic nitrogens is 2. The smallest absolute Gasteiger partial charge is 0.204 e. The van der Waals surface area contributed by atoms with Gasteiger partial charge >= 0.3 is 0 Å².